The van der Waals surface area contributed by atoms with Crippen LogP contribution in [0, 0.1) is 6.92 Å². The number of nitrogens with one attached hydrogen (secondary N) is 2. The zero-order chi connectivity index (χ0) is 18.4. The maximum atomic E-state index is 12.1. The van der Waals surface area contributed by atoms with Crippen LogP contribution in [0.2, 0.25) is 0 Å². The zero-order valence-electron chi connectivity index (χ0n) is 15.5. The Morgan fingerprint density at radius 1 is 1.27 bits per heavy atom. The molecule has 2 amide bonds. The van der Waals surface area contributed by atoms with E-state index < -0.39 is 0 Å². The highest BCUT2D eigenvalue weighted by Crippen LogP contribution is 2.20. The molecule has 0 radical (unpaired) electrons. The number of urea groups is 1. The van der Waals surface area contributed by atoms with E-state index in [9.17, 15) is 4.79 Å². The Balaban J connectivity index is 1.52. The number of likely N-dealkylation sites (tertiary alicyclic amines) is 1. The third-order valence-corrected chi connectivity index (χ3v) is 4.78. The van der Waals surface area contributed by atoms with Gasteiger partial charge in [-0.3, -0.25) is 14.9 Å². The van der Waals surface area contributed by atoms with Crippen molar-refractivity contribution in [3.05, 3.63) is 53.6 Å². The van der Waals surface area contributed by atoms with Crippen LogP contribution in [0.1, 0.15) is 43.1 Å². The molecule has 1 fully saturated rings. The molecule has 0 saturated carbocycles. The molecule has 0 spiro atoms. The number of amides is 2. The van der Waals surface area contributed by atoms with Gasteiger partial charge in [0, 0.05) is 24.5 Å². The van der Waals surface area contributed by atoms with Crippen molar-refractivity contribution in [1.82, 2.24) is 20.2 Å². The van der Waals surface area contributed by atoms with Gasteiger partial charge in [-0.2, -0.15) is 0 Å². The molecular formula is C20H27N5O. The van der Waals surface area contributed by atoms with Crippen LogP contribution in [-0.4, -0.2) is 33.5 Å². The van der Waals surface area contributed by atoms with E-state index in [0.29, 0.717) is 12.6 Å². The Bertz CT molecular complexity index is 731. The Morgan fingerprint density at radius 2 is 2.15 bits per heavy atom. The lowest BCUT2D eigenvalue weighted by Gasteiger charge is -2.33. The van der Waals surface area contributed by atoms with Crippen LogP contribution in [0.15, 0.2) is 36.7 Å². The Kier molecular flexibility index (Phi) is 6.17. The number of carbonyl (C=O) groups is 1. The molecule has 2 aromatic rings. The summed E-state index contributed by atoms with van der Waals surface area (Å²) in [5, 5.41) is 5.71. The van der Waals surface area contributed by atoms with E-state index in [2.05, 4.69) is 38.5 Å². The van der Waals surface area contributed by atoms with E-state index in [1.165, 1.54) is 24.8 Å². The molecule has 138 valence electrons. The van der Waals surface area contributed by atoms with E-state index in [0.717, 1.165) is 30.2 Å². The van der Waals surface area contributed by atoms with Crippen molar-refractivity contribution in [1.29, 1.82) is 0 Å². The van der Waals surface area contributed by atoms with E-state index in [1.807, 2.05) is 25.1 Å². The topological polar surface area (TPSA) is 70.2 Å². The predicted octanol–water partition coefficient (Wildman–Crippen LogP) is 3.48. The van der Waals surface area contributed by atoms with Gasteiger partial charge in [0.05, 0.1) is 24.1 Å². The summed E-state index contributed by atoms with van der Waals surface area (Å²) in [5.74, 6) is 0. The summed E-state index contributed by atoms with van der Waals surface area (Å²) in [4.78, 5) is 23.0. The van der Waals surface area contributed by atoms with E-state index in [-0.39, 0.29) is 6.03 Å². The number of piperidine rings is 1. The SMILES string of the molecule is Cc1cnc(CNC(=O)Nc2cccc(CN3CCCC[C@@H]3C)c2)cn1. The predicted molar refractivity (Wildman–Crippen MR) is 103 cm³/mol. The molecule has 1 aromatic carbocycles. The second kappa shape index (κ2) is 8.76. The van der Waals surface area contributed by atoms with E-state index >= 15 is 0 Å². The first-order valence-corrected chi connectivity index (χ1v) is 9.25. The fourth-order valence-corrected chi connectivity index (χ4v) is 3.23. The average molecular weight is 353 g/mol. The lowest BCUT2D eigenvalue weighted by atomic mass is 10.0. The number of aromatic nitrogens is 2. The fourth-order valence-electron chi connectivity index (χ4n) is 3.23. The first kappa shape index (κ1) is 18.3. The fraction of sp³-hybridized carbons (Fsp3) is 0.450. The van der Waals surface area contributed by atoms with Crippen LogP contribution in [0.4, 0.5) is 10.5 Å². The van der Waals surface area contributed by atoms with Gasteiger partial charge in [0.1, 0.15) is 0 Å². The van der Waals surface area contributed by atoms with Crippen molar-refractivity contribution in [2.24, 2.45) is 0 Å². The van der Waals surface area contributed by atoms with Gasteiger partial charge >= 0.3 is 6.03 Å². The van der Waals surface area contributed by atoms with Gasteiger partial charge < -0.3 is 10.6 Å². The van der Waals surface area contributed by atoms with Crippen molar-refractivity contribution in [3.8, 4) is 0 Å². The Hall–Kier alpha value is -2.47. The monoisotopic (exact) mass is 353 g/mol. The van der Waals surface area contributed by atoms with Gasteiger partial charge in [0.25, 0.3) is 0 Å². The molecule has 6 nitrogen and oxygen atoms in total. The van der Waals surface area contributed by atoms with Gasteiger partial charge in [0.2, 0.25) is 0 Å². The summed E-state index contributed by atoms with van der Waals surface area (Å²) in [6, 6.07) is 8.45. The summed E-state index contributed by atoms with van der Waals surface area (Å²) < 4.78 is 0. The van der Waals surface area contributed by atoms with Crippen molar-refractivity contribution in [2.45, 2.75) is 52.2 Å². The molecule has 1 aromatic heterocycles. The molecule has 26 heavy (non-hydrogen) atoms. The molecule has 0 unspecified atom stereocenters. The molecule has 1 saturated heterocycles. The molecule has 1 aliphatic heterocycles. The highest BCUT2D eigenvalue weighted by atomic mass is 16.2. The average Bonchev–Trinajstić information content (AvgIpc) is 2.63. The van der Waals surface area contributed by atoms with Crippen molar-refractivity contribution < 1.29 is 4.79 Å². The van der Waals surface area contributed by atoms with Crippen LogP contribution < -0.4 is 10.6 Å². The van der Waals surface area contributed by atoms with Crippen LogP contribution in [0.3, 0.4) is 0 Å². The summed E-state index contributed by atoms with van der Waals surface area (Å²) in [5.41, 5.74) is 3.62. The van der Waals surface area contributed by atoms with Gasteiger partial charge in [-0.25, -0.2) is 4.79 Å². The highest BCUT2D eigenvalue weighted by molar-refractivity contribution is 5.89. The number of nitrogens with zero attached hydrogens (tertiary/aromatic N) is 3. The normalized spacial score (nSPS) is 17.7. The van der Waals surface area contributed by atoms with Crippen LogP contribution in [0.5, 0.6) is 0 Å². The first-order valence-electron chi connectivity index (χ1n) is 9.25. The number of aryl methyl sites for hydroxylation is 1. The highest BCUT2D eigenvalue weighted by Gasteiger charge is 2.18. The first-order chi connectivity index (χ1) is 12.6. The molecule has 2 N–H and O–H groups in total. The maximum Gasteiger partial charge on any atom is 0.319 e. The van der Waals surface area contributed by atoms with Crippen molar-refractivity contribution in [3.63, 3.8) is 0 Å². The van der Waals surface area contributed by atoms with Gasteiger partial charge in [0.15, 0.2) is 0 Å². The Labute approximate surface area is 155 Å². The second-order valence-corrected chi connectivity index (χ2v) is 6.97. The van der Waals surface area contributed by atoms with Crippen LogP contribution in [-0.2, 0) is 13.1 Å². The molecule has 6 heteroatoms. The van der Waals surface area contributed by atoms with Crippen molar-refractivity contribution in [2.75, 3.05) is 11.9 Å². The van der Waals surface area contributed by atoms with Crippen LogP contribution in [0.25, 0.3) is 0 Å². The maximum absolute atomic E-state index is 12.1. The molecule has 0 aliphatic carbocycles. The molecule has 0 bridgehead atoms. The summed E-state index contributed by atoms with van der Waals surface area (Å²) >= 11 is 0. The smallest absolute Gasteiger partial charge is 0.319 e. The second-order valence-electron chi connectivity index (χ2n) is 6.97. The summed E-state index contributed by atoms with van der Waals surface area (Å²) in [6.07, 6.45) is 7.23. The minimum absolute atomic E-state index is 0.240. The van der Waals surface area contributed by atoms with Crippen molar-refractivity contribution >= 4 is 11.7 Å². The third kappa shape index (κ3) is 5.26. The van der Waals surface area contributed by atoms with E-state index in [4.69, 9.17) is 0 Å². The molecule has 3 rings (SSSR count). The minimum Gasteiger partial charge on any atom is -0.332 e. The quantitative estimate of drug-likeness (QED) is 0.863. The van der Waals surface area contributed by atoms with Crippen LogP contribution >= 0.6 is 0 Å². The summed E-state index contributed by atoms with van der Waals surface area (Å²) in [6.45, 7) is 6.61. The molecular weight excluding hydrogens is 326 g/mol. The number of hydrogen-bond donors (Lipinski definition) is 2. The molecule has 1 atom stereocenters. The number of benzene rings is 1. The van der Waals surface area contributed by atoms with Gasteiger partial charge in [-0.1, -0.05) is 18.6 Å². The summed E-state index contributed by atoms with van der Waals surface area (Å²) in [7, 11) is 0. The molecule has 1 aliphatic rings. The zero-order valence-corrected chi connectivity index (χ0v) is 15.5. The largest absolute Gasteiger partial charge is 0.332 e. The Morgan fingerprint density at radius 3 is 2.92 bits per heavy atom. The molecule has 2 heterocycles. The number of carbonyl (C=O) groups excluding carboxylic acids is 1. The lowest BCUT2D eigenvalue weighted by Crippen LogP contribution is -2.36. The lowest BCUT2D eigenvalue weighted by molar-refractivity contribution is 0.152. The van der Waals surface area contributed by atoms with Gasteiger partial charge in [-0.05, 0) is 50.9 Å². The minimum atomic E-state index is -0.240. The number of anilines is 1. The van der Waals surface area contributed by atoms with E-state index in [1.54, 1.807) is 12.4 Å². The third-order valence-electron chi connectivity index (χ3n) is 4.78. The number of hydrogen-bond acceptors (Lipinski definition) is 4. The number of rotatable bonds is 5. The standard InChI is InChI=1S/C20H27N5O/c1-15-11-22-19(12-21-15)13-23-20(26)24-18-8-5-7-17(10-18)14-25-9-4-3-6-16(25)2/h5,7-8,10-12,16H,3-4,6,9,13-14H2,1-2H3,(H2,23,24,26)/t16-/m0/s1. The van der Waals surface area contributed by atoms with Gasteiger partial charge in [-0.15, -0.1) is 0 Å².